The van der Waals surface area contributed by atoms with Gasteiger partial charge in [0.2, 0.25) is 5.89 Å². The third-order valence-corrected chi connectivity index (χ3v) is 4.51. The minimum atomic E-state index is 0.319. The SMILES string of the molecule is CNC1CSCC1c1nc(Cc2ccccn2)no1. The van der Waals surface area contributed by atoms with Gasteiger partial charge in [0.15, 0.2) is 5.82 Å². The molecule has 1 saturated heterocycles. The van der Waals surface area contributed by atoms with Crippen LogP contribution in [0, 0.1) is 0 Å². The third kappa shape index (κ3) is 2.79. The molecule has 1 N–H and O–H groups in total. The van der Waals surface area contributed by atoms with Gasteiger partial charge in [-0.3, -0.25) is 4.98 Å². The molecule has 2 unspecified atom stereocenters. The summed E-state index contributed by atoms with van der Waals surface area (Å²) in [4.78, 5) is 8.79. The van der Waals surface area contributed by atoms with Crippen molar-refractivity contribution in [3.05, 3.63) is 41.8 Å². The van der Waals surface area contributed by atoms with Crippen molar-refractivity contribution in [3.8, 4) is 0 Å². The monoisotopic (exact) mass is 276 g/mol. The van der Waals surface area contributed by atoms with Crippen molar-refractivity contribution in [2.24, 2.45) is 0 Å². The van der Waals surface area contributed by atoms with E-state index in [0.29, 0.717) is 24.2 Å². The van der Waals surface area contributed by atoms with Crippen LogP contribution >= 0.6 is 11.8 Å². The van der Waals surface area contributed by atoms with Crippen LogP contribution in [0.3, 0.4) is 0 Å². The average molecular weight is 276 g/mol. The summed E-state index contributed by atoms with van der Waals surface area (Å²) in [6, 6.07) is 6.26. The fourth-order valence-electron chi connectivity index (χ4n) is 2.24. The maximum absolute atomic E-state index is 5.41. The molecule has 0 aromatic carbocycles. The first kappa shape index (κ1) is 12.6. The first-order chi connectivity index (χ1) is 9.36. The normalized spacial score (nSPS) is 22.8. The van der Waals surface area contributed by atoms with Gasteiger partial charge in [-0.25, -0.2) is 0 Å². The summed E-state index contributed by atoms with van der Waals surface area (Å²) in [5.41, 5.74) is 0.959. The number of thioether (sulfide) groups is 1. The molecule has 19 heavy (non-hydrogen) atoms. The Balaban J connectivity index is 1.73. The van der Waals surface area contributed by atoms with Gasteiger partial charge in [-0.2, -0.15) is 16.7 Å². The van der Waals surface area contributed by atoms with Crippen molar-refractivity contribution < 1.29 is 4.52 Å². The standard InChI is InChI=1S/C13H16N4OS/c1-14-11-8-19-7-10(11)13-16-12(17-18-13)6-9-4-2-3-5-15-9/h2-5,10-11,14H,6-8H2,1H3. The maximum atomic E-state index is 5.41. The molecule has 6 heteroatoms. The van der Waals surface area contributed by atoms with Crippen molar-refractivity contribution in [2.75, 3.05) is 18.6 Å². The molecule has 100 valence electrons. The number of rotatable bonds is 4. The first-order valence-electron chi connectivity index (χ1n) is 6.34. The summed E-state index contributed by atoms with van der Waals surface area (Å²) in [5, 5.41) is 7.37. The molecule has 2 atom stereocenters. The fourth-order valence-corrected chi connectivity index (χ4v) is 3.65. The lowest BCUT2D eigenvalue weighted by atomic mass is 10.0. The molecular formula is C13H16N4OS. The number of aromatic nitrogens is 3. The largest absolute Gasteiger partial charge is 0.339 e. The lowest BCUT2D eigenvalue weighted by molar-refractivity contribution is 0.340. The molecule has 2 aromatic heterocycles. The van der Waals surface area contributed by atoms with E-state index in [1.807, 2.05) is 37.0 Å². The Bertz CT molecular complexity index is 530. The number of likely N-dealkylation sites (N-methyl/N-ethyl adjacent to an activating group) is 1. The highest BCUT2D eigenvalue weighted by molar-refractivity contribution is 7.99. The second kappa shape index (κ2) is 5.71. The number of nitrogens with one attached hydrogen (secondary N) is 1. The summed E-state index contributed by atoms with van der Waals surface area (Å²) in [6.07, 6.45) is 2.40. The molecular weight excluding hydrogens is 260 g/mol. The Morgan fingerprint density at radius 2 is 2.37 bits per heavy atom. The molecule has 3 heterocycles. The van der Waals surface area contributed by atoms with Gasteiger partial charge in [0, 0.05) is 29.4 Å². The van der Waals surface area contributed by atoms with Crippen molar-refractivity contribution >= 4 is 11.8 Å². The van der Waals surface area contributed by atoms with E-state index in [2.05, 4.69) is 20.4 Å². The van der Waals surface area contributed by atoms with Crippen molar-refractivity contribution in [3.63, 3.8) is 0 Å². The molecule has 1 aliphatic rings. The van der Waals surface area contributed by atoms with E-state index in [1.165, 1.54) is 0 Å². The number of hydrogen-bond acceptors (Lipinski definition) is 6. The fraction of sp³-hybridized carbons (Fsp3) is 0.462. The molecule has 0 amide bonds. The van der Waals surface area contributed by atoms with Gasteiger partial charge in [0.25, 0.3) is 0 Å². The molecule has 5 nitrogen and oxygen atoms in total. The van der Waals surface area contributed by atoms with Crippen LogP contribution in [-0.2, 0) is 6.42 Å². The Morgan fingerprint density at radius 1 is 1.42 bits per heavy atom. The molecule has 3 rings (SSSR count). The second-order valence-electron chi connectivity index (χ2n) is 4.59. The van der Waals surface area contributed by atoms with Crippen LogP contribution in [0.15, 0.2) is 28.9 Å². The summed E-state index contributed by atoms with van der Waals surface area (Å²) >= 11 is 1.92. The second-order valence-corrected chi connectivity index (χ2v) is 5.66. The van der Waals surface area contributed by atoms with Gasteiger partial charge in [0.1, 0.15) is 0 Å². The number of pyridine rings is 1. The maximum Gasteiger partial charge on any atom is 0.232 e. The van der Waals surface area contributed by atoms with Crippen molar-refractivity contribution in [2.45, 2.75) is 18.4 Å². The molecule has 0 radical (unpaired) electrons. The Hall–Kier alpha value is -1.40. The van der Waals surface area contributed by atoms with E-state index < -0.39 is 0 Å². The van der Waals surface area contributed by atoms with Crippen LogP contribution in [-0.4, -0.2) is 39.7 Å². The van der Waals surface area contributed by atoms with Crippen LogP contribution in [0.2, 0.25) is 0 Å². The van der Waals surface area contributed by atoms with Crippen molar-refractivity contribution in [1.82, 2.24) is 20.4 Å². The molecule has 0 saturated carbocycles. The minimum absolute atomic E-state index is 0.319. The van der Waals surface area contributed by atoms with Crippen molar-refractivity contribution in [1.29, 1.82) is 0 Å². The van der Waals surface area contributed by atoms with Gasteiger partial charge >= 0.3 is 0 Å². The van der Waals surface area contributed by atoms with Crippen LogP contribution < -0.4 is 5.32 Å². The third-order valence-electron chi connectivity index (χ3n) is 3.32. The number of hydrogen-bond donors (Lipinski definition) is 1. The van der Waals surface area contributed by atoms with E-state index in [4.69, 9.17) is 4.52 Å². The predicted molar refractivity (Wildman–Crippen MR) is 74.3 cm³/mol. The van der Waals surface area contributed by atoms with E-state index in [-0.39, 0.29) is 0 Å². The minimum Gasteiger partial charge on any atom is -0.339 e. The lowest BCUT2D eigenvalue weighted by Crippen LogP contribution is -2.31. The van der Waals surface area contributed by atoms with Crippen LogP contribution in [0.25, 0.3) is 0 Å². The zero-order valence-corrected chi connectivity index (χ0v) is 11.6. The summed E-state index contributed by atoms with van der Waals surface area (Å²) in [5.74, 6) is 3.91. The average Bonchev–Trinajstić information content (AvgIpc) is 3.07. The molecule has 0 spiro atoms. The topological polar surface area (TPSA) is 63.8 Å². The molecule has 2 aromatic rings. The van der Waals surface area contributed by atoms with Gasteiger partial charge < -0.3 is 9.84 Å². The van der Waals surface area contributed by atoms with Gasteiger partial charge in [0.05, 0.1) is 12.3 Å². The predicted octanol–water partition coefficient (Wildman–Crippen LogP) is 1.47. The van der Waals surface area contributed by atoms with E-state index in [9.17, 15) is 0 Å². The Morgan fingerprint density at radius 3 is 3.16 bits per heavy atom. The zero-order valence-electron chi connectivity index (χ0n) is 10.7. The zero-order chi connectivity index (χ0) is 13.1. The van der Waals surface area contributed by atoms with E-state index in [1.54, 1.807) is 6.20 Å². The first-order valence-corrected chi connectivity index (χ1v) is 7.49. The lowest BCUT2D eigenvalue weighted by Gasteiger charge is -2.13. The number of nitrogens with zero attached hydrogens (tertiary/aromatic N) is 3. The molecule has 0 aliphatic carbocycles. The van der Waals surface area contributed by atoms with Gasteiger partial charge in [-0.15, -0.1) is 0 Å². The summed E-state index contributed by atoms with van der Waals surface area (Å²) < 4.78 is 5.41. The summed E-state index contributed by atoms with van der Waals surface area (Å²) in [6.45, 7) is 0. The van der Waals surface area contributed by atoms with Crippen LogP contribution in [0.4, 0.5) is 0 Å². The molecule has 0 bridgehead atoms. The van der Waals surface area contributed by atoms with Crippen LogP contribution in [0.5, 0.6) is 0 Å². The Kier molecular flexibility index (Phi) is 3.79. The highest BCUT2D eigenvalue weighted by atomic mass is 32.2. The van der Waals surface area contributed by atoms with E-state index in [0.717, 1.165) is 23.1 Å². The highest BCUT2D eigenvalue weighted by Crippen LogP contribution is 2.31. The molecule has 1 fully saturated rings. The summed E-state index contributed by atoms with van der Waals surface area (Å²) in [7, 11) is 1.98. The highest BCUT2D eigenvalue weighted by Gasteiger charge is 2.32. The Labute approximate surface area is 116 Å². The van der Waals surface area contributed by atoms with Crippen LogP contribution in [0.1, 0.15) is 23.3 Å². The quantitative estimate of drug-likeness (QED) is 0.912. The van der Waals surface area contributed by atoms with Gasteiger partial charge in [-0.05, 0) is 19.2 Å². The smallest absolute Gasteiger partial charge is 0.232 e. The van der Waals surface area contributed by atoms with E-state index >= 15 is 0 Å². The molecule has 1 aliphatic heterocycles. The van der Waals surface area contributed by atoms with Gasteiger partial charge in [-0.1, -0.05) is 11.2 Å².